The van der Waals surface area contributed by atoms with Crippen molar-refractivity contribution in [3.05, 3.63) is 60.2 Å². The number of hydrogen-bond acceptors (Lipinski definition) is 4. The van der Waals surface area contributed by atoms with E-state index in [4.69, 9.17) is 4.74 Å². The van der Waals surface area contributed by atoms with E-state index in [1.807, 2.05) is 6.07 Å². The second kappa shape index (κ2) is 7.48. The fraction of sp³-hybridized carbons (Fsp3) is 0.167. The summed E-state index contributed by atoms with van der Waals surface area (Å²) in [6.45, 7) is 0.148. The number of hydrazine groups is 1. The standard InChI is InChI=1S/C18H17N3O4/c22-16(19-20-18(24)13-6-2-1-3-7-13)10-11-21-14-8-4-5-9-15(14)25-12-17(21)23/h1-9H,10-12H2,(H,19,22)(H,20,24). The predicted octanol–water partition coefficient (Wildman–Crippen LogP) is 1.26. The number of carbonyl (C=O) groups is 3. The van der Waals surface area contributed by atoms with E-state index in [0.29, 0.717) is 17.0 Å². The molecule has 0 unspecified atom stereocenters. The minimum atomic E-state index is -0.401. The van der Waals surface area contributed by atoms with Gasteiger partial charge in [-0.05, 0) is 24.3 Å². The van der Waals surface area contributed by atoms with Gasteiger partial charge >= 0.3 is 0 Å². The number of rotatable bonds is 4. The largest absolute Gasteiger partial charge is 0.482 e. The molecule has 3 amide bonds. The molecule has 0 spiro atoms. The zero-order chi connectivity index (χ0) is 17.6. The van der Waals surface area contributed by atoms with Crippen molar-refractivity contribution in [3.63, 3.8) is 0 Å². The Kier molecular flexibility index (Phi) is 4.94. The zero-order valence-electron chi connectivity index (χ0n) is 13.4. The predicted molar refractivity (Wildman–Crippen MR) is 91.0 cm³/mol. The molecule has 128 valence electrons. The molecule has 1 aliphatic rings. The first-order valence-corrected chi connectivity index (χ1v) is 7.81. The lowest BCUT2D eigenvalue weighted by molar-refractivity contribution is -0.122. The molecule has 0 aliphatic carbocycles. The Morgan fingerprint density at radius 2 is 1.72 bits per heavy atom. The van der Waals surface area contributed by atoms with Gasteiger partial charge in [0.15, 0.2) is 6.61 Å². The minimum absolute atomic E-state index is 0.0507. The van der Waals surface area contributed by atoms with Crippen molar-refractivity contribution in [1.29, 1.82) is 0 Å². The summed E-state index contributed by atoms with van der Waals surface area (Å²) in [7, 11) is 0. The fourth-order valence-electron chi connectivity index (χ4n) is 2.46. The lowest BCUT2D eigenvalue weighted by Gasteiger charge is -2.29. The lowest BCUT2D eigenvalue weighted by Crippen LogP contribution is -2.44. The fourth-order valence-corrected chi connectivity index (χ4v) is 2.46. The van der Waals surface area contributed by atoms with Gasteiger partial charge in [-0.2, -0.15) is 0 Å². The lowest BCUT2D eigenvalue weighted by atomic mass is 10.2. The number of para-hydroxylation sites is 2. The van der Waals surface area contributed by atoms with E-state index in [1.165, 1.54) is 4.90 Å². The van der Waals surface area contributed by atoms with Crippen molar-refractivity contribution in [1.82, 2.24) is 10.9 Å². The van der Waals surface area contributed by atoms with Crippen molar-refractivity contribution < 1.29 is 19.1 Å². The van der Waals surface area contributed by atoms with Crippen molar-refractivity contribution in [2.45, 2.75) is 6.42 Å². The number of carbonyl (C=O) groups excluding carboxylic acids is 3. The maximum atomic E-state index is 12.0. The van der Waals surface area contributed by atoms with E-state index in [0.717, 1.165) is 0 Å². The van der Waals surface area contributed by atoms with Crippen LogP contribution in [0.5, 0.6) is 5.75 Å². The number of nitrogens with zero attached hydrogens (tertiary/aromatic N) is 1. The van der Waals surface area contributed by atoms with E-state index in [9.17, 15) is 14.4 Å². The van der Waals surface area contributed by atoms with Gasteiger partial charge in [-0.25, -0.2) is 0 Å². The van der Waals surface area contributed by atoms with Gasteiger partial charge in [-0.3, -0.25) is 25.2 Å². The molecule has 1 heterocycles. The van der Waals surface area contributed by atoms with Crippen LogP contribution in [0.15, 0.2) is 54.6 Å². The molecule has 2 aromatic carbocycles. The van der Waals surface area contributed by atoms with Crippen LogP contribution in [0.2, 0.25) is 0 Å². The number of anilines is 1. The highest BCUT2D eigenvalue weighted by Gasteiger charge is 2.25. The highest BCUT2D eigenvalue weighted by molar-refractivity contribution is 5.98. The van der Waals surface area contributed by atoms with Crippen LogP contribution in [0.1, 0.15) is 16.8 Å². The number of nitrogens with one attached hydrogen (secondary N) is 2. The summed E-state index contributed by atoms with van der Waals surface area (Å²) in [6.07, 6.45) is 0.0507. The molecule has 0 radical (unpaired) electrons. The van der Waals surface area contributed by atoms with E-state index in [2.05, 4.69) is 10.9 Å². The molecule has 2 aromatic rings. The maximum absolute atomic E-state index is 12.0. The molecule has 7 heteroatoms. The summed E-state index contributed by atoms with van der Waals surface area (Å²) < 4.78 is 5.35. The highest BCUT2D eigenvalue weighted by atomic mass is 16.5. The summed E-state index contributed by atoms with van der Waals surface area (Å²) in [4.78, 5) is 37.3. The van der Waals surface area contributed by atoms with E-state index in [-0.39, 0.29) is 31.4 Å². The van der Waals surface area contributed by atoms with Gasteiger partial charge in [0.1, 0.15) is 5.75 Å². The van der Waals surface area contributed by atoms with Crippen molar-refractivity contribution in [2.24, 2.45) is 0 Å². The first-order chi connectivity index (χ1) is 12.1. The summed E-state index contributed by atoms with van der Waals surface area (Å²) >= 11 is 0. The molecule has 2 N–H and O–H groups in total. The van der Waals surface area contributed by atoms with Crippen LogP contribution in [-0.2, 0) is 9.59 Å². The molecular weight excluding hydrogens is 322 g/mol. The van der Waals surface area contributed by atoms with E-state index >= 15 is 0 Å². The van der Waals surface area contributed by atoms with Crippen LogP contribution in [0, 0.1) is 0 Å². The van der Waals surface area contributed by atoms with Crippen molar-refractivity contribution in [2.75, 3.05) is 18.1 Å². The Labute approximate surface area is 144 Å². The third kappa shape index (κ3) is 3.95. The van der Waals surface area contributed by atoms with Crippen LogP contribution >= 0.6 is 0 Å². The normalized spacial score (nSPS) is 12.8. The average molecular weight is 339 g/mol. The second-order valence-corrected chi connectivity index (χ2v) is 5.42. The molecule has 0 saturated heterocycles. The molecule has 0 bridgehead atoms. The zero-order valence-corrected chi connectivity index (χ0v) is 13.4. The van der Waals surface area contributed by atoms with Gasteiger partial charge in [-0.1, -0.05) is 30.3 Å². The van der Waals surface area contributed by atoms with Crippen LogP contribution in [0.4, 0.5) is 5.69 Å². The molecule has 3 rings (SSSR count). The number of amides is 3. The van der Waals surface area contributed by atoms with Gasteiger partial charge < -0.3 is 9.64 Å². The monoisotopic (exact) mass is 339 g/mol. The van der Waals surface area contributed by atoms with Crippen molar-refractivity contribution >= 4 is 23.4 Å². The van der Waals surface area contributed by atoms with Crippen LogP contribution in [-0.4, -0.2) is 30.9 Å². The van der Waals surface area contributed by atoms with Gasteiger partial charge in [0.05, 0.1) is 5.69 Å². The molecular formula is C18H17N3O4. The minimum Gasteiger partial charge on any atom is -0.482 e. The molecule has 0 aromatic heterocycles. The number of benzene rings is 2. The van der Waals surface area contributed by atoms with Crippen LogP contribution in [0.3, 0.4) is 0 Å². The maximum Gasteiger partial charge on any atom is 0.269 e. The first kappa shape index (κ1) is 16.5. The highest BCUT2D eigenvalue weighted by Crippen LogP contribution is 2.31. The molecule has 25 heavy (non-hydrogen) atoms. The Balaban J connectivity index is 1.53. The first-order valence-electron chi connectivity index (χ1n) is 7.81. The molecule has 0 fully saturated rings. The smallest absolute Gasteiger partial charge is 0.269 e. The van der Waals surface area contributed by atoms with Gasteiger partial charge in [0, 0.05) is 18.5 Å². The summed E-state index contributed by atoms with van der Waals surface area (Å²) in [5.74, 6) is -0.387. The van der Waals surface area contributed by atoms with Gasteiger partial charge in [0.25, 0.3) is 11.8 Å². The Morgan fingerprint density at radius 1 is 1.00 bits per heavy atom. The van der Waals surface area contributed by atoms with E-state index in [1.54, 1.807) is 48.5 Å². The third-order valence-electron chi connectivity index (χ3n) is 3.72. The summed E-state index contributed by atoms with van der Waals surface area (Å²) in [6, 6.07) is 15.7. The number of ether oxygens (including phenoxy) is 1. The van der Waals surface area contributed by atoms with Gasteiger partial charge in [-0.15, -0.1) is 0 Å². The molecule has 0 atom stereocenters. The summed E-state index contributed by atoms with van der Waals surface area (Å²) in [5, 5.41) is 0. The second-order valence-electron chi connectivity index (χ2n) is 5.42. The van der Waals surface area contributed by atoms with Crippen LogP contribution in [0.25, 0.3) is 0 Å². The van der Waals surface area contributed by atoms with Gasteiger partial charge in [0.2, 0.25) is 5.91 Å². The van der Waals surface area contributed by atoms with Crippen LogP contribution < -0.4 is 20.5 Å². The third-order valence-corrected chi connectivity index (χ3v) is 3.72. The number of hydrogen-bond donors (Lipinski definition) is 2. The molecule has 0 saturated carbocycles. The molecule has 1 aliphatic heterocycles. The number of fused-ring (bicyclic) bond motifs is 1. The quantitative estimate of drug-likeness (QED) is 0.821. The van der Waals surface area contributed by atoms with Crippen molar-refractivity contribution in [3.8, 4) is 5.75 Å². The Morgan fingerprint density at radius 3 is 2.52 bits per heavy atom. The average Bonchev–Trinajstić information content (AvgIpc) is 2.66. The Hall–Kier alpha value is -3.35. The molecule has 7 nitrogen and oxygen atoms in total. The summed E-state index contributed by atoms with van der Waals surface area (Å²) in [5.41, 5.74) is 5.79. The van der Waals surface area contributed by atoms with E-state index < -0.39 is 5.91 Å². The SMILES string of the molecule is O=C(CCN1C(=O)COc2ccccc21)NNC(=O)c1ccccc1. The topological polar surface area (TPSA) is 87.7 Å². The Bertz CT molecular complexity index is 792.